The number of rotatable bonds is 4. The lowest BCUT2D eigenvalue weighted by Gasteiger charge is -2.10. The second-order valence-electron chi connectivity index (χ2n) is 3.53. The largest absolute Gasteiger partial charge is 0.496 e. The summed E-state index contributed by atoms with van der Waals surface area (Å²) in [6, 6.07) is 9.11. The lowest BCUT2D eigenvalue weighted by atomic mass is 10.0. The molecule has 0 fully saturated rings. The van der Waals surface area contributed by atoms with Gasteiger partial charge in [0.05, 0.1) is 13.7 Å². The fourth-order valence-corrected chi connectivity index (χ4v) is 1.57. The number of nitrogens with zero attached hydrogens (tertiary/aromatic N) is 1. The first-order chi connectivity index (χ1) is 8.65. The number of para-hydroxylation sites is 1. The highest BCUT2D eigenvalue weighted by atomic mass is 16.5. The zero-order chi connectivity index (χ0) is 13.5. The summed E-state index contributed by atoms with van der Waals surface area (Å²) in [5.74, 6) is 0.00968. The zero-order valence-corrected chi connectivity index (χ0v) is 10.7. The van der Waals surface area contributed by atoms with Crippen molar-refractivity contribution in [2.24, 2.45) is 0 Å². The van der Waals surface area contributed by atoms with Gasteiger partial charge in [0.15, 0.2) is 0 Å². The van der Waals surface area contributed by atoms with Gasteiger partial charge in [0, 0.05) is 5.56 Å². The Labute approximate surface area is 106 Å². The van der Waals surface area contributed by atoms with Gasteiger partial charge in [-0.1, -0.05) is 18.2 Å². The van der Waals surface area contributed by atoms with Crippen molar-refractivity contribution in [2.75, 3.05) is 13.7 Å². The van der Waals surface area contributed by atoms with E-state index in [2.05, 4.69) is 0 Å². The van der Waals surface area contributed by atoms with Crippen LogP contribution in [0.5, 0.6) is 5.75 Å². The molecule has 0 heterocycles. The van der Waals surface area contributed by atoms with Crippen molar-refractivity contribution in [3.8, 4) is 11.8 Å². The van der Waals surface area contributed by atoms with E-state index >= 15 is 0 Å². The van der Waals surface area contributed by atoms with E-state index in [4.69, 9.17) is 14.7 Å². The molecule has 0 unspecified atom stereocenters. The number of esters is 1. The van der Waals surface area contributed by atoms with Crippen LogP contribution in [0, 0.1) is 11.3 Å². The van der Waals surface area contributed by atoms with E-state index in [-0.39, 0.29) is 12.2 Å². The second kappa shape index (κ2) is 6.45. The van der Waals surface area contributed by atoms with Crippen molar-refractivity contribution >= 4 is 11.5 Å². The molecule has 1 rings (SSSR count). The third-order valence-corrected chi connectivity index (χ3v) is 2.48. The van der Waals surface area contributed by atoms with Crippen LogP contribution in [-0.4, -0.2) is 19.7 Å². The highest BCUT2D eigenvalue weighted by molar-refractivity contribution is 6.01. The minimum atomic E-state index is -0.608. The standard InChI is InChI=1S/C14H15NO3/c1-4-18-14(16)12(9-15)10(2)11-7-5-6-8-13(11)17-3/h5-8H,4H2,1-3H3/b12-10+. The van der Waals surface area contributed by atoms with Gasteiger partial charge >= 0.3 is 5.97 Å². The maximum absolute atomic E-state index is 11.6. The van der Waals surface area contributed by atoms with Crippen LogP contribution in [0.1, 0.15) is 19.4 Å². The van der Waals surface area contributed by atoms with Crippen molar-refractivity contribution in [3.63, 3.8) is 0 Å². The highest BCUT2D eigenvalue weighted by Crippen LogP contribution is 2.27. The van der Waals surface area contributed by atoms with E-state index in [1.54, 1.807) is 33.1 Å². The molecule has 0 saturated carbocycles. The molecular weight excluding hydrogens is 230 g/mol. The van der Waals surface area contributed by atoms with E-state index < -0.39 is 5.97 Å². The summed E-state index contributed by atoms with van der Waals surface area (Å²) >= 11 is 0. The molecule has 0 aliphatic rings. The molecule has 1 aromatic rings. The first kappa shape index (κ1) is 13.8. The van der Waals surface area contributed by atoms with Gasteiger partial charge in [-0.25, -0.2) is 4.79 Å². The van der Waals surface area contributed by atoms with Gasteiger partial charge in [-0.3, -0.25) is 0 Å². The van der Waals surface area contributed by atoms with E-state index in [1.165, 1.54) is 0 Å². The molecule has 4 heteroatoms. The van der Waals surface area contributed by atoms with Crippen LogP contribution in [0.15, 0.2) is 29.8 Å². The predicted molar refractivity (Wildman–Crippen MR) is 67.8 cm³/mol. The van der Waals surface area contributed by atoms with Crippen LogP contribution in [-0.2, 0) is 9.53 Å². The molecule has 0 aromatic heterocycles. The number of carbonyl (C=O) groups excluding carboxylic acids is 1. The van der Waals surface area contributed by atoms with Gasteiger partial charge in [-0.2, -0.15) is 5.26 Å². The molecule has 0 radical (unpaired) electrons. The van der Waals surface area contributed by atoms with Gasteiger partial charge in [0.2, 0.25) is 0 Å². The molecule has 0 atom stereocenters. The molecule has 0 aliphatic heterocycles. The van der Waals surface area contributed by atoms with Crippen LogP contribution < -0.4 is 4.74 Å². The summed E-state index contributed by atoms with van der Waals surface area (Å²) < 4.78 is 10.1. The number of hydrogen-bond donors (Lipinski definition) is 0. The first-order valence-electron chi connectivity index (χ1n) is 5.57. The average Bonchev–Trinajstić information content (AvgIpc) is 2.39. The van der Waals surface area contributed by atoms with Crippen LogP contribution in [0.4, 0.5) is 0 Å². The Hall–Kier alpha value is -2.28. The number of nitriles is 1. The minimum Gasteiger partial charge on any atom is -0.496 e. The molecular formula is C14H15NO3. The van der Waals surface area contributed by atoms with E-state index in [0.29, 0.717) is 16.9 Å². The number of methoxy groups -OCH3 is 1. The van der Waals surface area contributed by atoms with Crippen molar-refractivity contribution in [1.82, 2.24) is 0 Å². The molecule has 0 saturated heterocycles. The van der Waals surface area contributed by atoms with Gasteiger partial charge in [-0.15, -0.1) is 0 Å². The molecule has 0 amide bonds. The maximum atomic E-state index is 11.6. The maximum Gasteiger partial charge on any atom is 0.349 e. The van der Waals surface area contributed by atoms with Gasteiger partial charge < -0.3 is 9.47 Å². The Morgan fingerprint density at radius 2 is 2.06 bits per heavy atom. The monoisotopic (exact) mass is 245 g/mol. The summed E-state index contributed by atoms with van der Waals surface area (Å²) in [7, 11) is 1.54. The van der Waals surface area contributed by atoms with Crippen LogP contribution in [0.3, 0.4) is 0 Å². The predicted octanol–water partition coefficient (Wildman–Crippen LogP) is 2.56. The third-order valence-electron chi connectivity index (χ3n) is 2.48. The topological polar surface area (TPSA) is 59.3 Å². The fraction of sp³-hybridized carbons (Fsp3) is 0.286. The first-order valence-corrected chi connectivity index (χ1v) is 5.57. The molecule has 1 aromatic carbocycles. The van der Waals surface area contributed by atoms with E-state index in [0.717, 1.165) is 0 Å². The number of benzene rings is 1. The van der Waals surface area contributed by atoms with Crippen LogP contribution in [0.2, 0.25) is 0 Å². The Kier molecular flexibility index (Phi) is 4.94. The lowest BCUT2D eigenvalue weighted by molar-refractivity contribution is -0.137. The zero-order valence-electron chi connectivity index (χ0n) is 10.7. The number of ether oxygens (including phenoxy) is 2. The third kappa shape index (κ3) is 2.89. The Bertz CT molecular complexity index is 512. The quantitative estimate of drug-likeness (QED) is 0.464. The lowest BCUT2D eigenvalue weighted by Crippen LogP contribution is -2.08. The Morgan fingerprint density at radius 3 is 2.61 bits per heavy atom. The van der Waals surface area contributed by atoms with Crippen LogP contribution in [0.25, 0.3) is 5.57 Å². The summed E-state index contributed by atoms with van der Waals surface area (Å²) in [4.78, 5) is 11.6. The molecule has 0 spiro atoms. The Balaban J connectivity index is 3.28. The van der Waals surface area contributed by atoms with Crippen molar-refractivity contribution in [2.45, 2.75) is 13.8 Å². The second-order valence-corrected chi connectivity index (χ2v) is 3.53. The van der Waals surface area contributed by atoms with Gasteiger partial charge in [0.25, 0.3) is 0 Å². The summed E-state index contributed by atoms with van der Waals surface area (Å²) in [6.07, 6.45) is 0. The normalized spacial score (nSPS) is 11.2. The van der Waals surface area contributed by atoms with Crippen molar-refractivity contribution in [1.29, 1.82) is 5.26 Å². The van der Waals surface area contributed by atoms with Gasteiger partial charge in [0.1, 0.15) is 17.4 Å². The summed E-state index contributed by atoms with van der Waals surface area (Å²) in [6.45, 7) is 3.64. The fourth-order valence-electron chi connectivity index (χ4n) is 1.57. The number of allylic oxidation sites excluding steroid dienone is 1. The van der Waals surface area contributed by atoms with E-state index in [1.807, 2.05) is 18.2 Å². The molecule has 94 valence electrons. The van der Waals surface area contributed by atoms with Gasteiger partial charge in [-0.05, 0) is 25.5 Å². The SMILES string of the molecule is CCOC(=O)/C(C#N)=C(\C)c1ccccc1OC. The number of hydrogen-bond acceptors (Lipinski definition) is 4. The van der Waals surface area contributed by atoms with Crippen LogP contribution >= 0.6 is 0 Å². The molecule has 0 bridgehead atoms. The average molecular weight is 245 g/mol. The molecule has 4 nitrogen and oxygen atoms in total. The summed E-state index contributed by atoms with van der Waals surface area (Å²) in [5.41, 5.74) is 1.26. The molecule has 18 heavy (non-hydrogen) atoms. The molecule has 0 N–H and O–H groups in total. The number of carbonyl (C=O) groups is 1. The Morgan fingerprint density at radius 1 is 1.39 bits per heavy atom. The smallest absolute Gasteiger partial charge is 0.349 e. The minimum absolute atomic E-state index is 0.00125. The summed E-state index contributed by atoms with van der Waals surface area (Å²) in [5, 5.41) is 9.07. The van der Waals surface area contributed by atoms with Crippen molar-refractivity contribution in [3.05, 3.63) is 35.4 Å². The highest BCUT2D eigenvalue weighted by Gasteiger charge is 2.16. The van der Waals surface area contributed by atoms with E-state index in [9.17, 15) is 4.79 Å². The van der Waals surface area contributed by atoms with Crippen molar-refractivity contribution < 1.29 is 14.3 Å². The molecule has 0 aliphatic carbocycles.